The van der Waals surface area contributed by atoms with Crippen LogP contribution in [0.5, 0.6) is 0 Å². The minimum absolute atomic E-state index is 0.306. The van der Waals surface area contributed by atoms with Gasteiger partial charge in [-0.05, 0) is 53.6 Å². The van der Waals surface area contributed by atoms with Crippen LogP contribution in [0.4, 0.5) is 27.8 Å². The minimum Gasteiger partial charge on any atom is -0.382 e. The van der Waals surface area contributed by atoms with Crippen molar-refractivity contribution >= 4 is 28.3 Å². The lowest BCUT2D eigenvalue weighted by Gasteiger charge is -2.28. The number of carbonyl (C=O) groups is 1. The number of amides is 1. The minimum atomic E-state index is -5.70. The van der Waals surface area contributed by atoms with E-state index in [0.29, 0.717) is 51.0 Å². The second-order valence-electron chi connectivity index (χ2n) is 10.2. The zero-order valence-electron chi connectivity index (χ0n) is 20.5. The van der Waals surface area contributed by atoms with E-state index >= 15 is 0 Å². The van der Waals surface area contributed by atoms with Crippen molar-refractivity contribution in [3.05, 3.63) is 70.7 Å². The summed E-state index contributed by atoms with van der Waals surface area (Å²) in [7, 11) is 1.61. The standard InChI is InChI=1S/C26H24F5N5O/c1-13-7-18-19(36-12-33-11-21(36)22(32)34-18)9-16(13)23(37)35(4)20-10-24(2,3)17-8-14(5-6-15(17)20)25(27,28)26(29,30)31/h5-9,11-12,20H,10H2,1-4H3,(H2,32,34)/t20-/m1/s1. The number of fused-ring (bicyclic) bond motifs is 4. The van der Waals surface area contributed by atoms with Gasteiger partial charge in [0, 0.05) is 18.2 Å². The molecule has 4 aromatic rings. The summed E-state index contributed by atoms with van der Waals surface area (Å²) in [5.41, 5.74) is 7.99. The van der Waals surface area contributed by atoms with Gasteiger partial charge in [-0.2, -0.15) is 22.0 Å². The first-order valence-corrected chi connectivity index (χ1v) is 11.5. The van der Waals surface area contributed by atoms with E-state index in [1.54, 1.807) is 56.9 Å². The number of aryl methyl sites for hydroxylation is 1. The van der Waals surface area contributed by atoms with Gasteiger partial charge in [0.25, 0.3) is 5.91 Å². The van der Waals surface area contributed by atoms with Crippen LogP contribution >= 0.6 is 0 Å². The van der Waals surface area contributed by atoms with Gasteiger partial charge in [0.05, 0.1) is 29.6 Å². The molecule has 2 aromatic heterocycles. The Morgan fingerprint density at radius 2 is 1.84 bits per heavy atom. The van der Waals surface area contributed by atoms with E-state index in [1.807, 2.05) is 0 Å². The quantitative estimate of drug-likeness (QED) is 0.342. The normalized spacial score (nSPS) is 17.4. The number of imidazole rings is 1. The number of rotatable bonds is 3. The number of hydrogen-bond acceptors (Lipinski definition) is 4. The molecule has 2 heterocycles. The van der Waals surface area contributed by atoms with E-state index in [4.69, 9.17) is 5.73 Å². The molecule has 1 atom stereocenters. The number of hydrogen-bond donors (Lipinski definition) is 1. The van der Waals surface area contributed by atoms with Crippen molar-refractivity contribution in [3.8, 4) is 0 Å². The average Bonchev–Trinajstić information content (AvgIpc) is 3.40. The fourth-order valence-corrected chi connectivity index (χ4v) is 5.23. The van der Waals surface area contributed by atoms with E-state index in [2.05, 4.69) is 9.97 Å². The van der Waals surface area contributed by atoms with Gasteiger partial charge in [-0.1, -0.05) is 26.0 Å². The largest absolute Gasteiger partial charge is 0.458 e. The molecule has 2 aromatic carbocycles. The summed E-state index contributed by atoms with van der Waals surface area (Å²) in [5, 5.41) is 0. The monoisotopic (exact) mass is 517 g/mol. The summed E-state index contributed by atoms with van der Waals surface area (Å²) in [4.78, 5) is 23.7. The highest BCUT2D eigenvalue weighted by Crippen LogP contribution is 2.51. The smallest absolute Gasteiger partial charge is 0.382 e. The summed E-state index contributed by atoms with van der Waals surface area (Å²) in [6.45, 7) is 5.31. The number of nitrogens with zero attached hydrogens (tertiary/aromatic N) is 4. The third-order valence-corrected chi connectivity index (χ3v) is 7.30. The first-order valence-electron chi connectivity index (χ1n) is 11.5. The van der Waals surface area contributed by atoms with E-state index in [9.17, 15) is 26.7 Å². The average molecular weight is 518 g/mol. The lowest BCUT2D eigenvalue weighted by molar-refractivity contribution is -0.289. The molecule has 0 radical (unpaired) electrons. The summed E-state index contributed by atoms with van der Waals surface area (Å²) in [5.74, 6) is -4.99. The van der Waals surface area contributed by atoms with Crippen molar-refractivity contribution in [2.45, 2.75) is 50.7 Å². The fraction of sp³-hybridized carbons (Fsp3) is 0.346. The number of nitrogen functional groups attached to an aromatic ring is 1. The molecule has 6 nitrogen and oxygen atoms in total. The Hall–Kier alpha value is -3.76. The number of nitrogens with two attached hydrogens (primary N) is 1. The van der Waals surface area contributed by atoms with Crippen molar-refractivity contribution in [2.75, 3.05) is 12.8 Å². The van der Waals surface area contributed by atoms with E-state index in [1.165, 1.54) is 11.0 Å². The van der Waals surface area contributed by atoms with Gasteiger partial charge in [0.1, 0.15) is 11.3 Å². The first-order chi connectivity index (χ1) is 17.1. The molecule has 37 heavy (non-hydrogen) atoms. The summed E-state index contributed by atoms with van der Waals surface area (Å²) >= 11 is 0. The van der Waals surface area contributed by atoms with E-state index < -0.39 is 29.1 Å². The SMILES string of the molecule is Cc1cc2nc(N)c3cncn3c2cc1C(=O)N(C)[C@@H]1CC(C)(C)c2cc(C(F)(F)C(F)(F)F)ccc21. The molecule has 11 heteroatoms. The highest BCUT2D eigenvalue weighted by Gasteiger charge is 2.59. The maximum Gasteiger partial charge on any atom is 0.458 e. The lowest BCUT2D eigenvalue weighted by atomic mass is 9.85. The number of carbonyl (C=O) groups excluding carboxylic acids is 1. The molecule has 0 saturated carbocycles. The van der Waals surface area contributed by atoms with Crippen LogP contribution in [0.3, 0.4) is 0 Å². The molecule has 5 rings (SSSR count). The second kappa shape index (κ2) is 7.87. The topological polar surface area (TPSA) is 76.5 Å². The maximum atomic E-state index is 14.1. The van der Waals surface area contributed by atoms with Gasteiger partial charge in [-0.15, -0.1) is 0 Å². The van der Waals surface area contributed by atoms with Crippen molar-refractivity contribution < 1.29 is 26.7 Å². The van der Waals surface area contributed by atoms with E-state index in [-0.39, 0.29) is 5.91 Å². The predicted molar refractivity (Wildman–Crippen MR) is 129 cm³/mol. The van der Waals surface area contributed by atoms with Gasteiger partial charge in [0.15, 0.2) is 0 Å². The number of aromatic nitrogens is 3. The van der Waals surface area contributed by atoms with Crippen LogP contribution in [0.2, 0.25) is 0 Å². The summed E-state index contributed by atoms with van der Waals surface area (Å²) in [6, 6.07) is 5.95. The van der Waals surface area contributed by atoms with Crippen LogP contribution in [0.15, 0.2) is 42.9 Å². The van der Waals surface area contributed by atoms with Crippen molar-refractivity contribution in [2.24, 2.45) is 0 Å². The number of alkyl halides is 5. The lowest BCUT2D eigenvalue weighted by Crippen LogP contribution is -2.34. The first kappa shape index (κ1) is 24.9. The van der Waals surface area contributed by atoms with Gasteiger partial charge >= 0.3 is 12.1 Å². The molecular formula is C26H24F5N5O. The fourth-order valence-electron chi connectivity index (χ4n) is 5.23. The number of halogens is 5. The Kier molecular flexibility index (Phi) is 5.30. The molecule has 0 fully saturated rings. The van der Waals surface area contributed by atoms with Crippen molar-refractivity contribution in [3.63, 3.8) is 0 Å². The third kappa shape index (κ3) is 3.70. The van der Waals surface area contributed by atoms with Gasteiger partial charge in [0.2, 0.25) is 0 Å². The summed E-state index contributed by atoms with van der Waals surface area (Å²) < 4.78 is 68.8. The molecule has 1 amide bonds. The van der Waals surface area contributed by atoms with Crippen LogP contribution in [-0.4, -0.2) is 38.4 Å². The molecule has 0 saturated heterocycles. The molecule has 0 bridgehead atoms. The highest BCUT2D eigenvalue weighted by atomic mass is 19.4. The van der Waals surface area contributed by atoms with Crippen LogP contribution in [0.1, 0.15) is 58.9 Å². The van der Waals surface area contributed by atoms with Crippen LogP contribution < -0.4 is 5.73 Å². The number of anilines is 1. The Morgan fingerprint density at radius 3 is 2.51 bits per heavy atom. The van der Waals surface area contributed by atoms with Crippen molar-refractivity contribution in [1.29, 1.82) is 0 Å². The third-order valence-electron chi connectivity index (χ3n) is 7.30. The Morgan fingerprint density at radius 1 is 1.14 bits per heavy atom. The van der Waals surface area contributed by atoms with Gasteiger partial charge in [-0.25, -0.2) is 9.97 Å². The molecular weight excluding hydrogens is 493 g/mol. The van der Waals surface area contributed by atoms with Gasteiger partial charge < -0.3 is 10.6 Å². The molecule has 194 valence electrons. The Bertz CT molecular complexity index is 1570. The summed E-state index contributed by atoms with van der Waals surface area (Å²) in [6.07, 6.45) is -2.19. The zero-order chi connectivity index (χ0) is 27.1. The Labute approximate surface area is 208 Å². The van der Waals surface area contributed by atoms with Crippen LogP contribution in [-0.2, 0) is 11.3 Å². The maximum absolute atomic E-state index is 14.1. The molecule has 1 aliphatic carbocycles. The predicted octanol–water partition coefficient (Wildman–Crippen LogP) is 5.92. The van der Waals surface area contributed by atoms with Crippen LogP contribution in [0.25, 0.3) is 16.6 Å². The molecule has 2 N–H and O–H groups in total. The molecule has 0 unspecified atom stereocenters. The Balaban J connectivity index is 1.55. The van der Waals surface area contributed by atoms with Gasteiger partial charge in [-0.3, -0.25) is 9.20 Å². The molecule has 1 aliphatic rings. The molecule has 0 aliphatic heterocycles. The highest BCUT2D eigenvalue weighted by molar-refractivity contribution is 6.00. The van der Waals surface area contributed by atoms with Crippen molar-refractivity contribution in [1.82, 2.24) is 19.3 Å². The molecule has 0 spiro atoms. The van der Waals surface area contributed by atoms with Crippen LogP contribution in [0, 0.1) is 6.92 Å². The second-order valence-corrected chi connectivity index (χ2v) is 10.2. The zero-order valence-corrected chi connectivity index (χ0v) is 20.5. The van der Waals surface area contributed by atoms with E-state index in [0.717, 1.165) is 12.1 Å². The number of benzene rings is 2.